The first-order chi connectivity index (χ1) is 11.5. The van der Waals surface area contributed by atoms with Crippen molar-refractivity contribution in [3.8, 4) is 0 Å². The molecule has 0 spiro atoms. The van der Waals surface area contributed by atoms with E-state index in [1.807, 2.05) is 13.0 Å². The normalized spacial score (nSPS) is 10.5. The standard InChI is InChI=1S/C16H14ClN5O2/c1-9-3-4-11(17)8-13(9)20-16-18-6-5-12(19-16)15(23)21-14-7-10(2)24-22-14/h3-8H,1-2H3,(H,18,19,20)(H,21,22,23). The average molecular weight is 344 g/mol. The zero-order chi connectivity index (χ0) is 17.1. The minimum absolute atomic E-state index is 0.202. The molecule has 0 unspecified atom stereocenters. The number of nitrogens with one attached hydrogen (secondary N) is 2. The first-order valence-corrected chi connectivity index (χ1v) is 7.50. The lowest BCUT2D eigenvalue weighted by molar-refractivity contribution is 0.102. The van der Waals surface area contributed by atoms with Crippen LogP contribution in [0.1, 0.15) is 21.8 Å². The molecule has 0 aliphatic carbocycles. The van der Waals surface area contributed by atoms with Crippen molar-refractivity contribution in [1.29, 1.82) is 0 Å². The molecule has 2 N–H and O–H groups in total. The number of aryl methyl sites for hydroxylation is 2. The number of carbonyl (C=O) groups excluding carboxylic acids is 1. The van der Waals surface area contributed by atoms with Crippen LogP contribution in [0.2, 0.25) is 5.02 Å². The second-order valence-corrected chi connectivity index (χ2v) is 5.56. The molecular formula is C16H14ClN5O2. The van der Waals surface area contributed by atoms with E-state index in [1.165, 1.54) is 12.3 Å². The Hall–Kier alpha value is -2.93. The van der Waals surface area contributed by atoms with Crippen LogP contribution in [0.15, 0.2) is 41.1 Å². The topological polar surface area (TPSA) is 92.9 Å². The van der Waals surface area contributed by atoms with Crippen molar-refractivity contribution in [1.82, 2.24) is 15.1 Å². The van der Waals surface area contributed by atoms with Crippen molar-refractivity contribution in [2.45, 2.75) is 13.8 Å². The highest BCUT2D eigenvalue weighted by Crippen LogP contribution is 2.22. The molecule has 0 radical (unpaired) electrons. The van der Waals surface area contributed by atoms with Crippen LogP contribution in [-0.2, 0) is 0 Å². The quantitative estimate of drug-likeness (QED) is 0.749. The van der Waals surface area contributed by atoms with Crippen molar-refractivity contribution in [2.24, 2.45) is 0 Å². The van der Waals surface area contributed by atoms with Gasteiger partial charge in [0.1, 0.15) is 11.5 Å². The molecule has 2 heterocycles. The van der Waals surface area contributed by atoms with Crippen molar-refractivity contribution < 1.29 is 9.32 Å². The van der Waals surface area contributed by atoms with Gasteiger partial charge in [-0.1, -0.05) is 22.8 Å². The smallest absolute Gasteiger partial charge is 0.275 e. The molecule has 0 aliphatic heterocycles. The molecule has 0 atom stereocenters. The number of benzene rings is 1. The van der Waals surface area contributed by atoms with E-state index in [2.05, 4.69) is 25.8 Å². The van der Waals surface area contributed by atoms with Crippen LogP contribution in [0.4, 0.5) is 17.5 Å². The predicted octanol–water partition coefficient (Wildman–Crippen LogP) is 3.73. The number of hydrogen-bond donors (Lipinski definition) is 2. The van der Waals surface area contributed by atoms with Gasteiger partial charge in [-0.15, -0.1) is 0 Å². The third kappa shape index (κ3) is 3.69. The molecular weight excluding hydrogens is 330 g/mol. The molecule has 0 fully saturated rings. The predicted molar refractivity (Wildman–Crippen MR) is 90.7 cm³/mol. The monoisotopic (exact) mass is 343 g/mol. The van der Waals surface area contributed by atoms with Gasteiger partial charge in [0.25, 0.3) is 5.91 Å². The fraction of sp³-hybridized carbons (Fsp3) is 0.125. The van der Waals surface area contributed by atoms with Crippen LogP contribution in [0.5, 0.6) is 0 Å². The van der Waals surface area contributed by atoms with Gasteiger partial charge in [0.15, 0.2) is 5.82 Å². The molecule has 0 saturated heterocycles. The Kier molecular flexibility index (Phi) is 4.43. The number of amides is 1. The van der Waals surface area contributed by atoms with Crippen LogP contribution >= 0.6 is 11.6 Å². The van der Waals surface area contributed by atoms with Crippen molar-refractivity contribution in [2.75, 3.05) is 10.6 Å². The van der Waals surface area contributed by atoms with Gasteiger partial charge in [0.05, 0.1) is 0 Å². The summed E-state index contributed by atoms with van der Waals surface area (Å²) >= 11 is 6.00. The van der Waals surface area contributed by atoms with Gasteiger partial charge in [-0.05, 0) is 37.6 Å². The number of anilines is 3. The van der Waals surface area contributed by atoms with E-state index in [0.29, 0.717) is 22.5 Å². The molecule has 122 valence electrons. The van der Waals surface area contributed by atoms with Gasteiger partial charge in [-0.2, -0.15) is 0 Å². The summed E-state index contributed by atoms with van der Waals surface area (Å²) in [6.45, 7) is 3.67. The average Bonchev–Trinajstić information content (AvgIpc) is 2.96. The SMILES string of the molecule is Cc1cc(NC(=O)c2ccnc(Nc3cc(Cl)ccc3C)n2)no1. The molecule has 2 aromatic heterocycles. The number of aromatic nitrogens is 3. The molecule has 0 aliphatic rings. The van der Waals surface area contributed by atoms with E-state index < -0.39 is 5.91 Å². The summed E-state index contributed by atoms with van der Waals surface area (Å²) in [5.41, 5.74) is 1.95. The molecule has 3 rings (SSSR count). The maximum atomic E-state index is 12.2. The van der Waals surface area contributed by atoms with E-state index in [9.17, 15) is 4.79 Å². The lowest BCUT2D eigenvalue weighted by Crippen LogP contribution is -2.15. The van der Waals surface area contributed by atoms with Crippen LogP contribution in [0.3, 0.4) is 0 Å². The summed E-state index contributed by atoms with van der Waals surface area (Å²) < 4.78 is 4.91. The Labute approximate surface area is 143 Å². The number of nitrogens with zero attached hydrogens (tertiary/aromatic N) is 3. The maximum Gasteiger partial charge on any atom is 0.275 e. The number of rotatable bonds is 4. The summed E-state index contributed by atoms with van der Waals surface area (Å²) in [5, 5.41) is 9.97. The van der Waals surface area contributed by atoms with Crippen molar-refractivity contribution >= 4 is 35.0 Å². The first kappa shape index (κ1) is 15.9. The Bertz CT molecular complexity index is 894. The third-order valence-corrected chi connectivity index (χ3v) is 3.44. The van der Waals surface area contributed by atoms with Gasteiger partial charge in [0, 0.05) is 23.0 Å². The zero-order valence-electron chi connectivity index (χ0n) is 13.0. The second kappa shape index (κ2) is 6.67. The highest BCUT2D eigenvalue weighted by molar-refractivity contribution is 6.30. The van der Waals surface area contributed by atoms with Gasteiger partial charge in [-0.3, -0.25) is 4.79 Å². The molecule has 8 heteroatoms. The van der Waals surface area contributed by atoms with Crippen LogP contribution in [0.25, 0.3) is 0 Å². The lowest BCUT2D eigenvalue weighted by Gasteiger charge is -2.09. The van der Waals surface area contributed by atoms with Crippen molar-refractivity contribution in [3.05, 3.63) is 58.6 Å². The number of halogens is 1. The summed E-state index contributed by atoms with van der Waals surface area (Å²) in [6, 6.07) is 8.58. The summed E-state index contributed by atoms with van der Waals surface area (Å²) in [5.74, 6) is 0.823. The van der Waals surface area contributed by atoms with Crippen LogP contribution in [0, 0.1) is 13.8 Å². The zero-order valence-corrected chi connectivity index (χ0v) is 13.8. The maximum absolute atomic E-state index is 12.2. The van der Waals surface area contributed by atoms with E-state index in [1.54, 1.807) is 25.1 Å². The van der Waals surface area contributed by atoms with E-state index in [-0.39, 0.29) is 5.69 Å². The minimum atomic E-state index is -0.406. The molecule has 1 aromatic carbocycles. The van der Waals surface area contributed by atoms with Gasteiger partial charge in [0.2, 0.25) is 5.95 Å². The van der Waals surface area contributed by atoms with E-state index in [4.69, 9.17) is 16.1 Å². The fourth-order valence-corrected chi connectivity index (χ4v) is 2.17. The van der Waals surface area contributed by atoms with Crippen LogP contribution < -0.4 is 10.6 Å². The highest BCUT2D eigenvalue weighted by atomic mass is 35.5. The minimum Gasteiger partial charge on any atom is -0.360 e. The van der Waals surface area contributed by atoms with Gasteiger partial charge < -0.3 is 15.2 Å². The summed E-state index contributed by atoms with van der Waals surface area (Å²) in [7, 11) is 0. The fourth-order valence-electron chi connectivity index (χ4n) is 2.00. The molecule has 3 aromatic rings. The van der Waals surface area contributed by atoms with Crippen molar-refractivity contribution in [3.63, 3.8) is 0 Å². The van der Waals surface area contributed by atoms with E-state index >= 15 is 0 Å². The molecule has 0 bridgehead atoms. The second-order valence-electron chi connectivity index (χ2n) is 5.13. The number of hydrogen-bond acceptors (Lipinski definition) is 6. The third-order valence-electron chi connectivity index (χ3n) is 3.20. The van der Waals surface area contributed by atoms with Gasteiger partial charge >= 0.3 is 0 Å². The number of carbonyl (C=O) groups is 1. The van der Waals surface area contributed by atoms with E-state index in [0.717, 1.165) is 11.3 Å². The van der Waals surface area contributed by atoms with Crippen LogP contribution in [-0.4, -0.2) is 21.0 Å². The summed E-state index contributed by atoms with van der Waals surface area (Å²) in [4.78, 5) is 20.5. The highest BCUT2D eigenvalue weighted by Gasteiger charge is 2.12. The molecule has 0 saturated carbocycles. The molecule has 1 amide bonds. The lowest BCUT2D eigenvalue weighted by atomic mass is 10.2. The Morgan fingerprint density at radius 1 is 1.21 bits per heavy atom. The first-order valence-electron chi connectivity index (χ1n) is 7.12. The Balaban J connectivity index is 1.78. The molecule has 7 nitrogen and oxygen atoms in total. The largest absolute Gasteiger partial charge is 0.360 e. The Morgan fingerprint density at radius 2 is 2.04 bits per heavy atom. The van der Waals surface area contributed by atoms with Gasteiger partial charge in [-0.25, -0.2) is 9.97 Å². The molecule has 24 heavy (non-hydrogen) atoms. The summed E-state index contributed by atoms with van der Waals surface area (Å²) in [6.07, 6.45) is 1.50. The Morgan fingerprint density at radius 3 is 2.79 bits per heavy atom.